The minimum absolute atomic E-state index is 0.0675. The molecule has 4 rings (SSSR count). The normalized spacial score (nSPS) is 27.5. The van der Waals surface area contributed by atoms with E-state index in [9.17, 15) is 9.90 Å². The average molecular weight is 569 g/mol. The fourth-order valence-corrected chi connectivity index (χ4v) is 4.72. The number of ether oxygens (including phenoxy) is 7. The molecule has 2 aromatic carbocycles. The van der Waals surface area contributed by atoms with E-state index in [1.54, 1.807) is 25.3 Å². The molecule has 41 heavy (non-hydrogen) atoms. The zero-order valence-electron chi connectivity index (χ0n) is 24.5. The largest absolute Gasteiger partial charge is 0.497 e. The number of aliphatic hydroxyl groups excluding tert-OH is 1. The number of cyclic esters (lactones) is 1. The SMILES string of the molecule is COCOc1cc(OCc2ccc(OC)cc2)cc2c1C(=O)O[C@@H](C)[C@H](C)/C=C\C(O)[C@H]1OC(C)(C)O[C@H]1C/C=C/2. The van der Waals surface area contributed by atoms with Crippen molar-refractivity contribution in [3.63, 3.8) is 0 Å². The van der Waals surface area contributed by atoms with E-state index in [-0.39, 0.29) is 24.0 Å². The molecule has 0 amide bonds. The molecule has 0 radical (unpaired) electrons. The fraction of sp³-hybridized carbons (Fsp3) is 0.469. The molecule has 0 spiro atoms. The highest BCUT2D eigenvalue weighted by molar-refractivity contribution is 5.97. The highest BCUT2D eigenvalue weighted by Crippen LogP contribution is 2.35. The lowest BCUT2D eigenvalue weighted by Crippen LogP contribution is -2.34. The van der Waals surface area contributed by atoms with Crippen LogP contribution in [0.5, 0.6) is 17.2 Å². The van der Waals surface area contributed by atoms with E-state index < -0.39 is 36.2 Å². The Labute approximate surface area is 241 Å². The van der Waals surface area contributed by atoms with Gasteiger partial charge in [0.15, 0.2) is 12.6 Å². The zero-order chi connectivity index (χ0) is 29.6. The molecular weight excluding hydrogens is 528 g/mol. The molecule has 2 heterocycles. The van der Waals surface area contributed by atoms with Crippen molar-refractivity contribution in [2.75, 3.05) is 21.0 Å². The Hall–Kier alpha value is -3.37. The van der Waals surface area contributed by atoms with Crippen molar-refractivity contribution in [3.05, 3.63) is 71.3 Å². The number of benzene rings is 2. The molecule has 9 heteroatoms. The Morgan fingerprint density at radius 1 is 1.00 bits per heavy atom. The number of methoxy groups -OCH3 is 2. The van der Waals surface area contributed by atoms with Gasteiger partial charge in [-0.05, 0) is 56.5 Å². The summed E-state index contributed by atoms with van der Waals surface area (Å²) in [5.41, 5.74) is 1.76. The van der Waals surface area contributed by atoms with Crippen molar-refractivity contribution in [2.45, 2.75) is 70.9 Å². The smallest absolute Gasteiger partial charge is 0.342 e. The van der Waals surface area contributed by atoms with Crippen LogP contribution in [0.25, 0.3) is 6.08 Å². The number of fused-ring (bicyclic) bond motifs is 2. The van der Waals surface area contributed by atoms with Gasteiger partial charge in [-0.1, -0.05) is 43.4 Å². The number of hydrogen-bond acceptors (Lipinski definition) is 9. The van der Waals surface area contributed by atoms with E-state index in [0.717, 1.165) is 11.3 Å². The maximum atomic E-state index is 13.6. The summed E-state index contributed by atoms with van der Waals surface area (Å²) < 4.78 is 40.3. The minimum atomic E-state index is -0.886. The molecular formula is C32H40O9. The Kier molecular flexibility index (Phi) is 10.1. The number of hydrogen-bond donors (Lipinski definition) is 1. The molecule has 1 unspecified atom stereocenters. The van der Waals surface area contributed by atoms with Crippen LogP contribution >= 0.6 is 0 Å². The molecule has 0 aromatic heterocycles. The first-order valence-corrected chi connectivity index (χ1v) is 13.7. The van der Waals surface area contributed by atoms with Gasteiger partial charge in [-0.2, -0.15) is 0 Å². The molecule has 222 valence electrons. The summed E-state index contributed by atoms with van der Waals surface area (Å²) in [5, 5.41) is 10.9. The molecule has 9 nitrogen and oxygen atoms in total. The summed E-state index contributed by atoms with van der Waals surface area (Å²) >= 11 is 0. The number of esters is 1. The van der Waals surface area contributed by atoms with Crippen LogP contribution in [-0.4, -0.2) is 62.3 Å². The van der Waals surface area contributed by atoms with Crippen LogP contribution < -0.4 is 14.2 Å². The summed E-state index contributed by atoms with van der Waals surface area (Å²) in [6.07, 6.45) is 5.31. The van der Waals surface area contributed by atoms with E-state index in [1.807, 2.05) is 70.2 Å². The van der Waals surface area contributed by atoms with Crippen LogP contribution in [0.1, 0.15) is 55.6 Å². The monoisotopic (exact) mass is 568 g/mol. The topological polar surface area (TPSA) is 102 Å². The van der Waals surface area contributed by atoms with Gasteiger partial charge in [-0.25, -0.2) is 4.79 Å². The average Bonchev–Trinajstić information content (AvgIpc) is 3.27. The van der Waals surface area contributed by atoms with Gasteiger partial charge < -0.3 is 38.3 Å². The lowest BCUT2D eigenvalue weighted by Gasteiger charge is -2.23. The first-order valence-electron chi connectivity index (χ1n) is 13.7. The summed E-state index contributed by atoms with van der Waals surface area (Å²) in [6, 6.07) is 11.0. The third-order valence-corrected chi connectivity index (χ3v) is 7.08. The van der Waals surface area contributed by atoms with Gasteiger partial charge in [0.2, 0.25) is 0 Å². The Morgan fingerprint density at radius 3 is 2.46 bits per heavy atom. The van der Waals surface area contributed by atoms with Crippen LogP contribution in [0.3, 0.4) is 0 Å². The molecule has 0 saturated carbocycles. The maximum Gasteiger partial charge on any atom is 0.342 e. The Morgan fingerprint density at radius 2 is 1.76 bits per heavy atom. The van der Waals surface area contributed by atoms with E-state index in [2.05, 4.69) is 0 Å². The number of rotatable bonds is 7. The molecule has 2 aliphatic heterocycles. The first-order chi connectivity index (χ1) is 19.6. The third-order valence-electron chi connectivity index (χ3n) is 7.08. The van der Waals surface area contributed by atoms with Crippen molar-refractivity contribution in [1.82, 2.24) is 0 Å². The summed E-state index contributed by atoms with van der Waals surface area (Å²) in [4.78, 5) is 13.6. The van der Waals surface area contributed by atoms with Gasteiger partial charge in [-0.3, -0.25) is 0 Å². The second-order valence-corrected chi connectivity index (χ2v) is 10.7. The molecule has 2 aromatic rings. The predicted molar refractivity (Wildman–Crippen MR) is 153 cm³/mol. The van der Waals surface area contributed by atoms with Crippen LogP contribution in [0.15, 0.2) is 54.6 Å². The van der Waals surface area contributed by atoms with Crippen LogP contribution in [0.2, 0.25) is 0 Å². The van der Waals surface area contributed by atoms with E-state index in [4.69, 9.17) is 33.2 Å². The van der Waals surface area contributed by atoms with Crippen molar-refractivity contribution in [3.8, 4) is 17.2 Å². The van der Waals surface area contributed by atoms with Crippen molar-refractivity contribution < 1.29 is 43.1 Å². The van der Waals surface area contributed by atoms with Crippen LogP contribution in [0.4, 0.5) is 0 Å². The Bertz CT molecular complexity index is 1230. The van der Waals surface area contributed by atoms with Crippen LogP contribution in [0, 0.1) is 5.92 Å². The molecule has 1 N–H and O–H groups in total. The lowest BCUT2D eigenvalue weighted by atomic mass is 9.99. The molecule has 0 aliphatic carbocycles. The number of aliphatic hydroxyl groups is 1. The fourth-order valence-electron chi connectivity index (χ4n) is 4.72. The summed E-state index contributed by atoms with van der Waals surface area (Å²) in [6.45, 7) is 7.61. The second kappa shape index (κ2) is 13.5. The predicted octanol–water partition coefficient (Wildman–Crippen LogP) is 5.29. The zero-order valence-corrected chi connectivity index (χ0v) is 24.5. The summed E-state index contributed by atoms with van der Waals surface area (Å²) in [7, 11) is 3.13. The Balaban J connectivity index is 1.71. The van der Waals surface area contributed by atoms with E-state index >= 15 is 0 Å². The number of carbonyl (C=O) groups is 1. The van der Waals surface area contributed by atoms with E-state index in [0.29, 0.717) is 24.3 Å². The second-order valence-electron chi connectivity index (χ2n) is 10.7. The van der Waals surface area contributed by atoms with E-state index in [1.165, 1.54) is 7.11 Å². The molecule has 1 saturated heterocycles. The van der Waals surface area contributed by atoms with Gasteiger partial charge in [-0.15, -0.1) is 0 Å². The molecule has 5 atom stereocenters. The van der Waals surface area contributed by atoms with Crippen molar-refractivity contribution in [2.24, 2.45) is 5.92 Å². The highest BCUT2D eigenvalue weighted by Gasteiger charge is 2.43. The van der Waals surface area contributed by atoms with Crippen LogP contribution in [-0.2, 0) is 25.6 Å². The highest BCUT2D eigenvalue weighted by atomic mass is 16.8. The molecule has 1 fully saturated rings. The third kappa shape index (κ3) is 7.89. The number of carbonyl (C=O) groups excluding carboxylic acids is 1. The van der Waals surface area contributed by atoms with Gasteiger partial charge in [0.25, 0.3) is 0 Å². The van der Waals surface area contributed by atoms with Gasteiger partial charge in [0, 0.05) is 19.1 Å². The standard InChI is InChI=1S/C32H40O9/c1-20-10-15-26(33)30-27(40-32(3,4)41-30)9-7-8-23-16-25(37-18-22-11-13-24(36-6)14-12-22)17-28(38-19-35-5)29(23)31(34)39-21(20)2/h7-8,10-17,20-21,26-27,30,33H,9,18-19H2,1-6H3/b8-7+,15-10-/t20-,21+,26?,27+,30-/m1/s1. The minimum Gasteiger partial charge on any atom is -0.497 e. The quantitative estimate of drug-likeness (QED) is 0.271. The summed E-state index contributed by atoms with van der Waals surface area (Å²) in [5.74, 6) is -0.0229. The van der Waals surface area contributed by atoms with Gasteiger partial charge in [0.05, 0.1) is 13.2 Å². The molecule has 2 aliphatic rings. The lowest BCUT2D eigenvalue weighted by molar-refractivity contribution is -0.152. The van der Waals surface area contributed by atoms with Crippen molar-refractivity contribution in [1.29, 1.82) is 0 Å². The maximum absolute atomic E-state index is 13.6. The first kappa shape index (κ1) is 30.6. The van der Waals surface area contributed by atoms with Gasteiger partial charge in [0.1, 0.15) is 47.7 Å². The molecule has 0 bridgehead atoms. The van der Waals surface area contributed by atoms with Gasteiger partial charge >= 0.3 is 5.97 Å². The van der Waals surface area contributed by atoms with Crippen molar-refractivity contribution >= 4 is 12.0 Å².